The number of nitrogens with one attached hydrogen (secondary N) is 2. The molecule has 6 heteroatoms. The molecule has 0 spiro atoms. The highest BCUT2D eigenvalue weighted by atomic mass is 16.4. The first-order valence-electron chi connectivity index (χ1n) is 7.90. The third-order valence-electron chi connectivity index (χ3n) is 4.08. The molecule has 2 aromatic rings. The van der Waals surface area contributed by atoms with Crippen molar-refractivity contribution in [3.8, 4) is 0 Å². The van der Waals surface area contributed by atoms with Gasteiger partial charge in [0.25, 0.3) is 0 Å². The zero-order valence-corrected chi connectivity index (χ0v) is 14.1. The minimum atomic E-state index is -0.714. The summed E-state index contributed by atoms with van der Waals surface area (Å²) in [6.45, 7) is 7.68. The van der Waals surface area contributed by atoms with Gasteiger partial charge in [0.1, 0.15) is 11.9 Å². The Kier molecular flexibility index (Phi) is 5.60. The molecule has 1 amide bonds. The van der Waals surface area contributed by atoms with Crippen LogP contribution in [0.4, 0.5) is 0 Å². The van der Waals surface area contributed by atoms with Crippen LogP contribution >= 0.6 is 0 Å². The van der Waals surface area contributed by atoms with Crippen LogP contribution in [0.15, 0.2) is 22.8 Å². The van der Waals surface area contributed by atoms with Gasteiger partial charge in [-0.2, -0.15) is 5.10 Å². The summed E-state index contributed by atoms with van der Waals surface area (Å²) < 4.78 is 5.17. The minimum Gasteiger partial charge on any atom is -0.467 e. The zero-order chi connectivity index (χ0) is 17.0. The molecule has 2 rings (SSSR count). The molecule has 6 nitrogen and oxygen atoms in total. The lowest BCUT2D eigenvalue weighted by Crippen LogP contribution is -2.38. The van der Waals surface area contributed by atoms with Gasteiger partial charge in [0.15, 0.2) is 0 Å². The topological polar surface area (TPSA) is 91.2 Å². The molecule has 0 saturated heterocycles. The fourth-order valence-electron chi connectivity index (χ4n) is 2.65. The van der Waals surface area contributed by atoms with Crippen molar-refractivity contribution in [2.45, 2.75) is 52.7 Å². The van der Waals surface area contributed by atoms with E-state index in [2.05, 4.69) is 15.5 Å². The smallest absolute Gasteiger partial charge is 0.223 e. The van der Waals surface area contributed by atoms with Gasteiger partial charge in [-0.05, 0) is 44.9 Å². The number of carbonyl (C=O) groups is 1. The third-order valence-corrected chi connectivity index (χ3v) is 4.08. The quantitative estimate of drug-likeness (QED) is 0.731. The highest BCUT2D eigenvalue weighted by molar-refractivity contribution is 5.78. The molecule has 0 aliphatic carbocycles. The Morgan fingerprint density at radius 2 is 2.17 bits per heavy atom. The second-order valence-electron chi connectivity index (χ2n) is 6.19. The van der Waals surface area contributed by atoms with Gasteiger partial charge in [0.2, 0.25) is 5.91 Å². The molecule has 2 aromatic heterocycles. The van der Waals surface area contributed by atoms with Gasteiger partial charge in [0, 0.05) is 24.1 Å². The summed E-state index contributed by atoms with van der Waals surface area (Å²) in [6, 6.07) is 3.32. The van der Waals surface area contributed by atoms with Crippen LogP contribution in [-0.4, -0.2) is 27.3 Å². The molecule has 3 atom stereocenters. The number of carbonyl (C=O) groups excluding carboxylic acids is 1. The van der Waals surface area contributed by atoms with Crippen LogP contribution in [0.1, 0.15) is 49.1 Å². The lowest BCUT2D eigenvalue weighted by molar-refractivity contribution is -0.125. The summed E-state index contributed by atoms with van der Waals surface area (Å²) in [6.07, 6.45) is 1.87. The normalized spacial score (nSPS) is 15.2. The van der Waals surface area contributed by atoms with Gasteiger partial charge >= 0.3 is 0 Å². The molecule has 0 bridgehead atoms. The fourth-order valence-corrected chi connectivity index (χ4v) is 2.65. The number of nitrogens with zero attached hydrogens (tertiary/aromatic N) is 1. The van der Waals surface area contributed by atoms with E-state index in [-0.39, 0.29) is 17.9 Å². The Balaban J connectivity index is 1.85. The lowest BCUT2D eigenvalue weighted by atomic mass is 9.98. The first kappa shape index (κ1) is 17.3. The molecular formula is C17H25N3O3. The number of hydrogen-bond acceptors (Lipinski definition) is 4. The van der Waals surface area contributed by atoms with Crippen molar-refractivity contribution in [3.63, 3.8) is 0 Å². The number of rotatable bonds is 7. The maximum absolute atomic E-state index is 12.3. The molecule has 126 valence electrons. The van der Waals surface area contributed by atoms with Crippen molar-refractivity contribution in [2.24, 2.45) is 5.92 Å². The van der Waals surface area contributed by atoms with E-state index in [1.165, 1.54) is 6.26 Å². The van der Waals surface area contributed by atoms with Crippen LogP contribution in [0.25, 0.3) is 0 Å². The zero-order valence-electron chi connectivity index (χ0n) is 14.1. The minimum absolute atomic E-state index is 0.0239. The van der Waals surface area contributed by atoms with Crippen molar-refractivity contribution in [1.82, 2.24) is 15.5 Å². The molecule has 2 heterocycles. The standard InChI is InChI=1S/C17H25N3O3/c1-10(8-14-12(3)19-20-13(14)4)17(22)18-11(2)9-15(21)16-6-5-7-23-16/h5-7,10-11,15,21H,8-9H2,1-4H3,(H,18,22)(H,19,20). The van der Waals surface area contributed by atoms with Crippen molar-refractivity contribution in [1.29, 1.82) is 0 Å². The molecule has 0 radical (unpaired) electrons. The summed E-state index contributed by atoms with van der Waals surface area (Å²) in [7, 11) is 0. The Bertz CT molecular complexity index is 614. The number of aryl methyl sites for hydroxylation is 2. The maximum atomic E-state index is 12.3. The maximum Gasteiger partial charge on any atom is 0.223 e. The van der Waals surface area contributed by atoms with Gasteiger partial charge in [-0.15, -0.1) is 0 Å². The number of aromatic nitrogens is 2. The predicted octanol–water partition coefficient (Wildman–Crippen LogP) is 2.43. The number of furan rings is 1. The van der Waals surface area contributed by atoms with E-state index in [0.717, 1.165) is 17.0 Å². The van der Waals surface area contributed by atoms with Crippen molar-refractivity contribution >= 4 is 5.91 Å². The number of aliphatic hydroxyl groups is 1. The molecule has 0 fully saturated rings. The Hall–Kier alpha value is -2.08. The second kappa shape index (κ2) is 7.46. The first-order chi connectivity index (χ1) is 10.9. The fraction of sp³-hybridized carbons (Fsp3) is 0.529. The van der Waals surface area contributed by atoms with Gasteiger partial charge in [-0.1, -0.05) is 6.92 Å². The number of hydrogen-bond donors (Lipinski definition) is 3. The van der Waals surface area contributed by atoms with Crippen LogP contribution < -0.4 is 5.32 Å². The Labute approximate surface area is 136 Å². The predicted molar refractivity (Wildman–Crippen MR) is 86.8 cm³/mol. The highest BCUT2D eigenvalue weighted by Gasteiger charge is 2.21. The number of amides is 1. The summed E-state index contributed by atoms with van der Waals surface area (Å²) >= 11 is 0. The van der Waals surface area contributed by atoms with Crippen molar-refractivity contribution in [2.75, 3.05) is 0 Å². The van der Waals surface area contributed by atoms with Crippen molar-refractivity contribution < 1.29 is 14.3 Å². The number of aliphatic hydroxyl groups excluding tert-OH is 1. The van der Waals surface area contributed by atoms with Crippen LogP contribution in [0.2, 0.25) is 0 Å². The van der Waals surface area contributed by atoms with E-state index in [1.54, 1.807) is 12.1 Å². The number of aromatic amines is 1. The van der Waals surface area contributed by atoms with Gasteiger partial charge in [-0.3, -0.25) is 9.89 Å². The van der Waals surface area contributed by atoms with E-state index in [4.69, 9.17) is 4.42 Å². The van der Waals surface area contributed by atoms with Gasteiger partial charge in [0.05, 0.1) is 12.0 Å². The monoisotopic (exact) mass is 319 g/mol. The highest BCUT2D eigenvalue weighted by Crippen LogP contribution is 2.19. The van der Waals surface area contributed by atoms with Crippen LogP contribution in [0.5, 0.6) is 0 Å². The Morgan fingerprint density at radius 3 is 2.74 bits per heavy atom. The molecule has 0 aliphatic heterocycles. The van der Waals surface area contributed by atoms with E-state index in [1.807, 2.05) is 27.7 Å². The third kappa shape index (κ3) is 4.45. The molecule has 0 aliphatic rings. The van der Waals surface area contributed by atoms with Gasteiger partial charge < -0.3 is 14.8 Å². The average molecular weight is 319 g/mol. The molecular weight excluding hydrogens is 294 g/mol. The van der Waals surface area contributed by atoms with Crippen LogP contribution in [0, 0.1) is 19.8 Å². The SMILES string of the molecule is Cc1n[nH]c(C)c1CC(C)C(=O)NC(C)CC(O)c1ccco1. The van der Waals surface area contributed by atoms with E-state index < -0.39 is 6.10 Å². The summed E-state index contributed by atoms with van der Waals surface area (Å²) in [5.74, 6) is 0.334. The van der Waals surface area contributed by atoms with Gasteiger partial charge in [-0.25, -0.2) is 0 Å². The summed E-state index contributed by atoms with van der Waals surface area (Å²) in [5, 5.41) is 20.1. The largest absolute Gasteiger partial charge is 0.467 e. The van der Waals surface area contributed by atoms with Crippen LogP contribution in [0.3, 0.4) is 0 Å². The molecule has 3 N–H and O–H groups in total. The molecule has 3 unspecified atom stereocenters. The summed E-state index contributed by atoms with van der Waals surface area (Å²) in [5.41, 5.74) is 3.03. The lowest BCUT2D eigenvalue weighted by Gasteiger charge is -2.19. The molecule has 0 saturated carbocycles. The summed E-state index contributed by atoms with van der Waals surface area (Å²) in [4.78, 5) is 12.3. The molecule has 23 heavy (non-hydrogen) atoms. The molecule has 0 aromatic carbocycles. The van der Waals surface area contributed by atoms with Crippen molar-refractivity contribution in [3.05, 3.63) is 41.1 Å². The first-order valence-corrected chi connectivity index (χ1v) is 7.90. The average Bonchev–Trinajstić information content (AvgIpc) is 3.12. The van der Waals surface area contributed by atoms with E-state index in [0.29, 0.717) is 18.6 Å². The van der Waals surface area contributed by atoms with E-state index in [9.17, 15) is 9.90 Å². The van der Waals surface area contributed by atoms with Crippen LogP contribution in [-0.2, 0) is 11.2 Å². The second-order valence-corrected chi connectivity index (χ2v) is 6.19. The Morgan fingerprint density at radius 1 is 1.43 bits per heavy atom. The number of H-pyrrole nitrogens is 1. The van der Waals surface area contributed by atoms with E-state index >= 15 is 0 Å².